The zero-order valence-corrected chi connectivity index (χ0v) is 12.4. The van der Waals surface area contributed by atoms with Crippen molar-refractivity contribution < 1.29 is 0 Å². The average Bonchev–Trinajstić information content (AvgIpc) is 2.47. The maximum Gasteiger partial charge on any atom is 0.266 e. The number of hydrogen-bond acceptors (Lipinski definition) is 4. The third-order valence-corrected chi connectivity index (χ3v) is 3.75. The Morgan fingerprint density at radius 3 is 2.81 bits per heavy atom. The normalized spacial score (nSPS) is 15.1. The molecule has 2 heterocycles. The van der Waals surface area contributed by atoms with Gasteiger partial charge in [-0.05, 0) is 43.6 Å². The Kier molecular flexibility index (Phi) is 3.74. The molecule has 21 heavy (non-hydrogen) atoms. The molecule has 0 amide bonds. The van der Waals surface area contributed by atoms with Crippen molar-refractivity contribution in [3.8, 4) is 0 Å². The number of aromatic nitrogens is 2. The highest BCUT2D eigenvalue weighted by Crippen LogP contribution is 2.31. The first-order valence-corrected chi connectivity index (χ1v) is 7.39. The minimum absolute atomic E-state index is 0.207. The highest BCUT2D eigenvalue weighted by Gasteiger charge is 2.16. The van der Waals surface area contributed by atoms with Gasteiger partial charge in [-0.3, -0.25) is 4.79 Å². The second-order valence-corrected chi connectivity index (χ2v) is 5.61. The molecule has 1 fully saturated rings. The molecule has 3 rings (SSSR count). The third-order valence-electron chi connectivity index (χ3n) is 3.65. The largest absolute Gasteiger partial charge is 0.376 e. The Hall–Kier alpha value is -2.15. The van der Waals surface area contributed by atoms with Crippen molar-refractivity contribution in [3.63, 3.8) is 0 Å². The van der Waals surface area contributed by atoms with E-state index in [0.29, 0.717) is 5.52 Å². The zero-order valence-electron chi connectivity index (χ0n) is 11.6. The minimum atomic E-state index is -0.227. The van der Waals surface area contributed by atoms with Gasteiger partial charge in [0.1, 0.15) is 0 Å². The van der Waals surface area contributed by atoms with E-state index in [1.807, 2.05) is 12.1 Å². The van der Waals surface area contributed by atoms with Crippen molar-refractivity contribution in [1.29, 1.82) is 0 Å². The van der Waals surface area contributed by atoms with Crippen LogP contribution in [0.15, 0.2) is 23.1 Å². The number of piperidine rings is 1. The second kappa shape index (κ2) is 5.69. The SMILES string of the molecule is NC(=S)Nc1cc2[nH]c(=O)cnc2cc1N1CCCCC1. The van der Waals surface area contributed by atoms with Crippen LogP contribution in [0.5, 0.6) is 0 Å². The Morgan fingerprint density at radius 1 is 1.33 bits per heavy atom. The van der Waals surface area contributed by atoms with Crippen molar-refractivity contribution in [3.05, 3.63) is 28.7 Å². The maximum absolute atomic E-state index is 11.4. The molecule has 0 aliphatic carbocycles. The predicted octanol–water partition coefficient (Wildman–Crippen LogP) is 1.57. The quantitative estimate of drug-likeness (QED) is 0.730. The van der Waals surface area contributed by atoms with Crippen LogP contribution in [0.3, 0.4) is 0 Å². The number of H-pyrrole nitrogens is 1. The number of fused-ring (bicyclic) bond motifs is 1. The fourth-order valence-corrected chi connectivity index (χ4v) is 2.82. The van der Waals surface area contributed by atoms with E-state index >= 15 is 0 Å². The van der Waals surface area contributed by atoms with Gasteiger partial charge in [-0.25, -0.2) is 4.98 Å². The van der Waals surface area contributed by atoms with Crippen molar-refractivity contribution in [2.45, 2.75) is 19.3 Å². The van der Waals surface area contributed by atoms with Gasteiger partial charge in [0, 0.05) is 13.1 Å². The Labute approximate surface area is 127 Å². The van der Waals surface area contributed by atoms with E-state index in [-0.39, 0.29) is 10.7 Å². The molecule has 0 atom stereocenters. The lowest BCUT2D eigenvalue weighted by molar-refractivity contribution is 0.578. The highest BCUT2D eigenvalue weighted by molar-refractivity contribution is 7.80. The molecule has 0 radical (unpaired) electrons. The van der Waals surface area contributed by atoms with Gasteiger partial charge >= 0.3 is 0 Å². The lowest BCUT2D eigenvalue weighted by atomic mass is 10.1. The summed E-state index contributed by atoms with van der Waals surface area (Å²) in [5, 5.41) is 3.21. The van der Waals surface area contributed by atoms with Crippen LogP contribution in [-0.2, 0) is 0 Å². The molecule has 1 saturated heterocycles. The van der Waals surface area contributed by atoms with Crippen molar-refractivity contribution in [2.75, 3.05) is 23.3 Å². The summed E-state index contributed by atoms with van der Waals surface area (Å²) in [5.74, 6) is 0. The number of thiocarbonyl (C=S) groups is 1. The van der Waals surface area contributed by atoms with Gasteiger partial charge in [-0.15, -0.1) is 0 Å². The summed E-state index contributed by atoms with van der Waals surface area (Å²) >= 11 is 4.95. The Bertz CT molecular complexity index is 736. The topological polar surface area (TPSA) is 87.0 Å². The summed E-state index contributed by atoms with van der Waals surface area (Å²) in [5.41, 5.74) is 8.63. The Morgan fingerprint density at radius 2 is 2.10 bits per heavy atom. The first kappa shape index (κ1) is 13.8. The predicted molar refractivity (Wildman–Crippen MR) is 88.8 cm³/mol. The first-order valence-electron chi connectivity index (χ1n) is 6.98. The van der Waals surface area contributed by atoms with Gasteiger partial charge in [0.2, 0.25) is 0 Å². The van der Waals surface area contributed by atoms with Gasteiger partial charge in [0.15, 0.2) is 5.11 Å². The second-order valence-electron chi connectivity index (χ2n) is 5.17. The zero-order chi connectivity index (χ0) is 14.8. The molecule has 1 aromatic heterocycles. The molecule has 4 N–H and O–H groups in total. The van der Waals surface area contributed by atoms with E-state index in [2.05, 4.69) is 20.2 Å². The standard InChI is InChI=1S/C14H17N5OS/c15-14(21)18-11-6-10-9(16-8-13(20)17-10)7-12(11)19-4-2-1-3-5-19/h6-8H,1-5H2,(H,17,20)(H3,15,18,21). The number of hydrogen-bond donors (Lipinski definition) is 3. The summed E-state index contributed by atoms with van der Waals surface area (Å²) in [4.78, 5) is 20.7. The van der Waals surface area contributed by atoms with Crippen LogP contribution in [0.2, 0.25) is 0 Å². The molecule has 7 heteroatoms. The molecule has 1 aromatic carbocycles. The molecule has 0 unspecified atom stereocenters. The van der Waals surface area contributed by atoms with Crippen LogP contribution in [0.4, 0.5) is 11.4 Å². The number of benzene rings is 1. The fourth-order valence-electron chi connectivity index (χ4n) is 2.71. The van der Waals surface area contributed by atoms with Crippen LogP contribution in [0.25, 0.3) is 11.0 Å². The van der Waals surface area contributed by atoms with E-state index < -0.39 is 0 Å². The van der Waals surface area contributed by atoms with Crippen LogP contribution < -0.4 is 21.5 Å². The number of rotatable bonds is 2. The lowest BCUT2D eigenvalue weighted by Gasteiger charge is -2.30. The van der Waals surface area contributed by atoms with Crippen molar-refractivity contribution >= 4 is 39.7 Å². The summed E-state index contributed by atoms with van der Waals surface area (Å²) < 4.78 is 0. The van der Waals surface area contributed by atoms with Crippen LogP contribution >= 0.6 is 12.2 Å². The molecule has 6 nitrogen and oxygen atoms in total. The molecule has 0 spiro atoms. The number of anilines is 2. The maximum atomic E-state index is 11.4. The van der Waals surface area contributed by atoms with E-state index in [0.717, 1.165) is 30.0 Å². The fraction of sp³-hybridized carbons (Fsp3) is 0.357. The monoisotopic (exact) mass is 303 g/mol. The average molecular weight is 303 g/mol. The first-order chi connectivity index (χ1) is 10.1. The molecule has 2 aromatic rings. The summed E-state index contributed by atoms with van der Waals surface area (Å²) in [6.45, 7) is 2.00. The summed E-state index contributed by atoms with van der Waals surface area (Å²) in [6, 6.07) is 3.81. The van der Waals surface area contributed by atoms with Crippen LogP contribution in [-0.4, -0.2) is 28.2 Å². The summed E-state index contributed by atoms with van der Waals surface area (Å²) in [7, 11) is 0. The molecule has 0 saturated carbocycles. The van der Waals surface area contributed by atoms with Gasteiger partial charge in [0.05, 0.1) is 28.6 Å². The molecule has 110 valence electrons. The highest BCUT2D eigenvalue weighted by atomic mass is 32.1. The van der Waals surface area contributed by atoms with E-state index in [1.54, 1.807) is 0 Å². The van der Waals surface area contributed by atoms with E-state index in [9.17, 15) is 4.79 Å². The van der Waals surface area contributed by atoms with Crippen molar-refractivity contribution in [2.24, 2.45) is 5.73 Å². The number of aromatic amines is 1. The van der Waals surface area contributed by atoms with Crippen LogP contribution in [0.1, 0.15) is 19.3 Å². The lowest BCUT2D eigenvalue weighted by Crippen LogP contribution is -2.31. The van der Waals surface area contributed by atoms with Gasteiger partial charge in [0.25, 0.3) is 5.56 Å². The van der Waals surface area contributed by atoms with Crippen LogP contribution in [0, 0.1) is 0 Å². The molecule has 1 aliphatic rings. The number of nitrogens with two attached hydrogens (primary N) is 1. The van der Waals surface area contributed by atoms with Gasteiger partial charge in [-0.2, -0.15) is 0 Å². The van der Waals surface area contributed by atoms with E-state index in [4.69, 9.17) is 18.0 Å². The van der Waals surface area contributed by atoms with Gasteiger partial charge < -0.3 is 20.9 Å². The molecular formula is C14H17N5OS. The molecule has 1 aliphatic heterocycles. The number of nitrogens with zero attached hydrogens (tertiary/aromatic N) is 2. The smallest absolute Gasteiger partial charge is 0.266 e. The molecule has 0 bridgehead atoms. The summed E-state index contributed by atoms with van der Waals surface area (Å²) in [6.07, 6.45) is 4.89. The minimum Gasteiger partial charge on any atom is -0.376 e. The van der Waals surface area contributed by atoms with Crippen molar-refractivity contribution in [1.82, 2.24) is 9.97 Å². The molecular weight excluding hydrogens is 286 g/mol. The number of nitrogens with one attached hydrogen (secondary N) is 2. The Balaban J connectivity index is 2.12. The van der Waals surface area contributed by atoms with E-state index in [1.165, 1.54) is 25.5 Å². The third kappa shape index (κ3) is 2.97. The van der Waals surface area contributed by atoms with Gasteiger partial charge in [-0.1, -0.05) is 0 Å².